The van der Waals surface area contributed by atoms with Crippen LogP contribution in [0.3, 0.4) is 0 Å². The Labute approximate surface area is 126 Å². The summed E-state index contributed by atoms with van der Waals surface area (Å²) in [6, 6.07) is 6.93. The Morgan fingerprint density at radius 1 is 1.30 bits per heavy atom. The lowest BCUT2D eigenvalue weighted by Crippen LogP contribution is -2.34. The third-order valence-electron chi connectivity index (χ3n) is 3.80. The monoisotopic (exact) mass is 291 g/mol. The van der Waals surface area contributed by atoms with Gasteiger partial charge in [-0.1, -0.05) is 23.3 Å². The van der Waals surface area contributed by atoms with Crippen molar-refractivity contribution in [2.24, 2.45) is 0 Å². The molecule has 0 aliphatic heterocycles. The predicted octanol–water partition coefficient (Wildman–Crippen LogP) is 4.39. The van der Waals surface area contributed by atoms with Gasteiger partial charge in [-0.15, -0.1) is 0 Å². The quantitative estimate of drug-likeness (QED) is 0.622. The minimum atomic E-state index is -0.152. The molecule has 0 saturated carbocycles. The van der Waals surface area contributed by atoms with Gasteiger partial charge in [-0.2, -0.15) is 0 Å². The molecule has 0 fully saturated rings. The zero-order valence-electron chi connectivity index (χ0n) is 12.0. The van der Waals surface area contributed by atoms with E-state index >= 15 is 0 Å². The Kier molecular flexibility index (Phi) is 5.81. The molecule has 1 unspecified atom stereocenters. The van der Waals surface area contributed by atoms with Crippen molar-refractivity contribution < 1.29 is 4.79 Å². The second kappa shape index (κ2) is 7.61. The van der Waals surface area contributed by atoms with Gasteiger partial charge in [-0.05, 0) is 69.8 Å². The van der Waals surface area contributed by atoms with Crippen LogP contribution in [0.15, 0.2) is 35.9 Å². The summed E-state index contributed by atoms with van der Waals surface area (Å²) in [4.78, 5) is 12.2. The second-order valence-electron chi connectivity index (χ2n) is 5.41. The Hall–Kier alpha value is -1.12. The Morgan fingerprint density at radius 2 is 2.05 bits per heavy atom. The maximum atomic E-state index is 12.2. The molecule has 1 aromatic rings. The van der Waals surface area contributed by atoms with Crippen LogP contribution in [0.2, 0.25) is 5.02 Å². The summed E-state index contributed by atoms with van der Waals surface area (Å²) < 4.78 is 0. The molecule has 1 atom stereocenters. The lowest BCUT2D eigenvalue weighted by molar-refractivity contribution is 0.0951. The van der Waals surface area contributed by atoms with E-state index in [1.807, 2.05) is 6.92 Å². The van der Waals surface area contributed by atoms with E-state index in [1.54, 1.807) is 24.3 Å². The van der Waals surface area contributed by atoms with E-state index in [4.69, 9.17) is 11.6 Å². The van der Waals surface area contributed by atoms with Gasteiger partial charge in [0, 0.05) is 10.6 Å². The second-order valence-corrected chi connectivity index (χ2v) is 5.84. The summed E-state index contributed by atoms with van der Waals surface area (Å²) in [6.07, 6.45) is 8.48. The summed E-state index contributed by atoms with van der Waals surface area (Å²) in [6.45, 7) is 2.79. The van der Waals surface area contributed by atoms with Crippen molar-refractivity contribution in [2.75, 3.05) is 6.54 Å². The molecule has 0 spiro atoms. The van der Waals surface area contributed by atoms with Crippen LogP contribution in [0.1, 0.15) is 49.4 Å². The van der Waals surface area contributed by atoms with Crippen molar-refractivity contribution in [1.29, 1.82) is 0 Å². The van der Waals surface area contributed by atoms with Crippen LogP contribution in [0.4, 0.5) is 0 Å². The molecular weight excluding hydrogens is 270 g/mol. The smallest absolute Gasteiger partial charge is 0.179 e. The van der Waals surface area contributed by atoms with Crippen LogP contribution in [0.25, 0.3) is 0 Å². The van der Waals surface area contributed by atoms with Gasteiger partial charge in [-0.3, -0.25) is 4.79 Å². The standard InChI is InChI=1S/C17H22ClNO/c1-13(17(20)15-7-9-16(18)10-8-15)19-12-11-14-5-3-2-4-6-14/h5,7-10,13,19H,2-4,6,11-12H2,1H3. The number of Topliss-reactive ketones (excluding diaryl/α,β-unsaturated/α-hetero) is 1. The van der Waals surface area contributed by atoms with E-state index in [-0.39, 0.29) is 11.8 Å². The van der Waals surface area contributed by atoms with Gasteiger partial charge < -0.3 is 5.32 Å². The van der Waals surface area contributed by atoms with Gasteiger partial charge >= 0.3 is 0 Å². The molecular formula is C17H22ClNO. The van der Waals surface area contributed by atoms with Crippen molar-refractivity contribution >= 4 is 17.4 Å². The van der Waals surface area contributed by atoms with Crippen molar-refractivity contribution in [3.8, 4) is 0 Å². The number of carbonyl (C=O) groups excluding carboxylic acids is 1. The molecule has 1 aliphatic carbocycles. The Balaban J connectivity index is 1.79. The highest BCUT2D eigenvalue weighted by molar-refractivity contribution is 6.30. The molecule has 3 heteroatoms. The minimum Gasteiger partial charge on any atom is -0.307 e. The SMILES string of the molecule is CC(NCCC1=CCCCC1)C(=O)c1ccc(Cl)cc1. The number of carbonyl (C=O) groups is 1. The first-order valence-electron chi connectivity index (χ1n) is 7.38. The summed E-state index contributed by atoms with van der Waals surface area (Å²) in [7, 11) is 0. The highest BCUT2D eigenvalue weighted by Crippen LogP contribution is 2.19. The molecule has 0 saturated heterocycles. The van der Waals surface area contributed by atoms with Gasteiger partial charge in [0.05, 0.1) is 6.04 Å². The first-order chi connectivity index (χ1) is 9.66. The highest BCUT2D eigenvalue weighted by atomic mass is 35.5. The van der Waals surface area contributed by atoms with Crippen LogP contribution >= 0.6 is 11.6 Å². The van der Waals surface area contributed by atoms with Gasteiger partial charge in [0.15, 0.2) is 5.78 Å². The molecule has 1 aliphatic rings. The van der Waals surface area contributed by atoms with E-state index in [0.29, 0.717) is 10.6 Å². The van der Waals surface area contributed by atoms with Crippen molar-refractivity contribution in [3.05, 3.63) is 46.5 Å². The van der Waals surface area contributed by atoms with Gasteiger partial charge in [0.25, 0.3) is 0 Å². The zero-order chi connectivity index (χ0) is 14.4. The summed E-state index contributed by atoms with van der Waals surface area (Å²) in [5.74, 6) is 0.124. The van der Waals surface area contributed by atoms with E-state index in [9.17, 15) is 4.79 Å². The number of rotatable bonds is 6. The van der Waals surface area contributed by atoms with E-state index in [0.717, 1.165) is 13.0 Å². The highest BCUT2D eigenvalue weighted by Gasteiger charge is 2.14. The average molecular weight is 292 g/mol. The molecule has 20 heavy (non-hydrogen) atoms. The van der Waals surface area contributed by atoms with Crippen molar-refractivity contribution in [2.45, 2.75) is 45.1 Å². The predicted molar refractivity (Wildman–Crippen MR) is 84.4 cm³/mol. The first kappa shape index (κ1) is 15.3. The largest absolute Gasteiger partial charge is 0.307 e. The summed E-state index contributed by atoms with van der Waals surface area (Å²) in [5.41, 5.74) is 2.25. The fraction of sp³-hybridized carbons (Fsp3) is 0.471. The maximum absolute atomic E-state index is 12.2. The van der Waals surface area contributed by atoms with Crippen LogP contribution in [0, 0.1) is 0 Å². The van der Waals surface area contributed by atoms with E-state index in [2.05, 4.69) is 11.4 Å². The number of allylic oxidation sites excluding steroid dienone is 1. The Bertz CT molecular complexity index is 478. The normalized spacial score (nSPS) is 16.6. The van der Waals surface area contributed by atoms with Gasteiger partial charge in [-0.25, -0.2) is 0 Å². The molecule has 0 heterocycles. The fourth-order valence-electron chi connectivity index (χ4n) is 2.54. The zero-order valence-corrected chi connectivity index (χ0v) is 12.7. The molecule has 1 aromatic carbocycles. The van der Waals surface area contributed by atoms with Crippen LogP contribution in [-0.4, -0.2) is 18.4 Å². The molecule has 0 bridgehead atoms. The number of benzene rings is 1. The topological polar surface area (TPSA) is 29.1 Å². The third kappa shape index (κ3) is 4.46. The number of halogens is 1. The molecule has 0 radical (unpaired) electrons. The van der Waals surface area contributed by atoms with Gasteiger partial charge in [0.1, 0.15) is 0 Å². The van der Waals surface area contributed by atoms with Crippen LogP contribution in [-0.2, 0) is 0 Å². The molecule has 0 amide bonds. The number of hydrogen-bond donors (Lipinski definition) is 1. The number of nitrogens with one attached hydrogen (secondary N) is 1. The summed E-state index contributed by atoms with van der Waals surface area (Å²) in [5, 5.41) is 3.98. The lowest BCUT2D eigenvalue weighted by atomic mass is 9.97. The lowest BCUT2D eigenvalue weighted by Gasteiger charge is -2.16. The fourth-order valence-corrected chi connectivity index (χ4v) is 2.66. The summed E-state index contributed by atoms with van der Waals surface area (Å²) >= 11 is 5.83. The van der Waals surface area contributed by atoms with Crippen molar-refractivity contribution in [3.63, 3.8) is 0 Å². The molecule has 2 nitrogen and oxygen atoms in total. The minimum absolute atomic E-state index is 0.124. The van der Waals surface area contributed by atoms with Crippen molar-refractivity contribution in [1.82, 2.24) is 5.32 Å². The first-order valence-corrected chi connectivity index (χ1v) is 7.75. The maximum Gasteiger partial charge on any atom is 0.179 e. The molecule has 0 aromatic heterocycles. The Morgan fingerprint density at radius 3 is 2.70 bits per heavy atom. The van der Waals surface area contributed by atoms with E-state index < -0.39 is 0 Å². The molecule has 1 N–H and O–H groups in total. The van der Waals surface area contributed by atoms with E-state index in [1.165, 1.54) is 31.3 Å². The van der Waals surface area contributed by atoms with Crippen LogP contribution < -0.4 is 5.32 Å². The third-order valence-corrected chi connectivity index (χ3v) is 4.06. The van der Waals surface area contributed by atoms with Crippen LogP contribution in [0.5, 0.6) is 0 Å². The average Bonchev–Trinajstić information content (AvgIpc) is 2.48. The van der Waals surface area contributed by atoms with Gasteiger partial charge in [0.2, 0.25) is 0 Å². The number of ketones is 1. The molecule has 2 rings (SSSR count). The number of hydrogen-bond acceptors (Lipinski definition) is 2. The molecule has 108 valence electrons.